The lowest BCUT2D eigenvalue weighted by Crippen LogP contribution is -2.49. The van der Waals surface area contributed by atoms with Crippen LogP contribution in [0.2, 0.25) is 0 Å². The summed E-state index contributed by atoms with van der Waals surface area (Å²) in [6.07, 6.45) is 0.974. The van der Waals surface area contributed by atoms with Crippen molar-refractivity contribution >= 4 is 17.2 Å². The minimum atomic E-state index is 0.241. The zero-order valence-corrected chi connectivity index (χ0v) is 12.5. The van der Waals surface area contributed by atoms with E-state index in [0.29, 0.717) is 6.54 Å². The van der Waals surface area contributed by atoms with Gasteiger partial charge in [-0.05, 0) is 20.4 Å². The molecule has 5 nitrogen and oxygen atoms in total. The molecule has 0 bridgehead atoms. The molecule has 0 radical (unpaired) electrons. The Kier molecular flexibility index (Phi) is 5.30. The maximum atomic E-state index is 12.1. The first-order valence-electron chi connectivity index (χ1n) is 6.73. The molecule has 1 amide bonds. The molecule has 2 heterocycles. The quantitative estimate of drug-likeness (QED) is 0.847. The van der Waals surface area contributed by atoms with Crippen LogP contribution >= 0.6 is 11.3 Å². The number of thiazole rings is 1. The predicted octanol–water partition coefficient (Wildman–Crippen LogP) is 0.358. The molecule has 1 aromatic heterocycles. The minimum Gasteiger partial charge on any atom is -0.339 e. The molecule has 0 atom stereocenters. The van der Waals surface area contributed by atoms with Crippen molar-refractivity contribution < 1.29 is 4.79 Å². The van der Waals surface area contributed by atoms with E-state index in [9.17, 15) is 4.79 Å². The highest BCUT2D eigenvalue weighted by atomic mass is 32.1. The number of likely N-dealkylation sites (N-methyl/N-ethyl adjacent to an activating group) is 1. The monoisotopic (exact) mass is 282 g/mol. The minimum absolute atomic E-state index is 0.241. The van der Waals surface area contributed by atoms with Crippen molar-refractivity contribution in [1.82, 2.24) is 20.1 Å². The van der Waals surface area contributed by atoms with Gasteiger partial charge in [-0.3, -0.25) is 9.69 Å². The fourth-order valence-corrected chi connectivity index (χ4v) is 2.95. The largest absolute Gasteiger partial charge is 0.339 e. The predicted molar refractivity (Wildman–Crippen MR) is 77.5 cm³/mol. The van der Waals surface area contributed by atoms with Crippen molar-refractivity contribution in [1.29, 1.82) is 0 Å². The normalized spacial score (nSPS) is 16.1. The zero-order chi connectivity index (χ0) is 13.7. The van der Waals surface area contributed by atoms with E-state index >= 15 is 0 Å². The summed E-state index contributed by atoms with van der Waals surface area (Å²) in [7, 11) is 2.01. The van der Waals surface area contributed by atoms with Gasteiger partial charge in [-0.1, -0.05) is 0 Å². The van der Waals surface area contributed by atoms with Crippen LogP contribution in [0.25, 0.3) is 0 Å². The number of nitrogens with zero attached hydrogens (tertiary/aromatic N) is 3. The Hall–Kier alpha value is -0.980. The maximum Gasteiger partial charge on any atom is 0.236 e. The maximum absolute atomic E-state index is 12.1. The highest BCUT2D eigenvalue weighted by molar-refractivity contribution is 7.09. The summed E-state index contributed by atoms with van der Waals surface area (Å²) in [5.41, 5.74) is 3.00. The number of carbonyl (C=O) groups is 1. The van der Waals surface area contributed by atoms with Crippen molar-refractivity contribution in [2.45, 2.75) is 13.3 Å². The van der Waals surface area contributed by atoms with E-state index in [-0.39, 0.29) is 5.91 Å². The topological polar surface area (TPSA) is 48.5 Å². The number of amides is 1. The molecule has 1 N–H and O–H groups in total. The molecule has 106 valence electrons. The number of nitrogens with one attached hydrogen (secondary N) is 1. The number of aryl methyl sites for hydroxylation is 1. The van der Waals surface area contributed by atoms with Gasteiger partial charge in [0.1, 0.15) is 0 Å². The summed E-state index contributed by atoms with van der Waals surface area (Å²) in [6.45, 7) is 6.95. The second-order valence-electron chi connectivity index (χ2n) is 4.98. The van der Waals surface area contributed by atoms with Crippen molar-refractivity contribution in [3.63, 3.8) is 0 Å². The molecule has 1 aromatic rings. The molecule has 2 rings (SSSR count). The Bertz CT molecular complexity index is 415. The van der Waals surface area contributed by atoms with E-state index < -0.39 is 0 Å². The van der Waals surface area contributed by atoms with Crippen molar-refractivity contribution in [2.24, 2.45) is 0 Å². The lowest BCUT2D eigenvalue weighted by molar-refractivity contribution is -0.132. The van der Waals surface area contributed by atoms with Gasteiger partial charge in [0.2, 0.25) is 5.91 Å². The highest BCUT2D eigenvalue weighted by Crippen LogP contribution is 2.12. The van der Waals surface area contributed by atoms with Crippen LogP contribution in [0.4, 0.5) is 0 Å². The van der Waals surface area contributed by atoms with Crippen LogP contribution in [0, 0.1) is 6.92 Å². The second kappa shape index (κ2) is 6.98. The lowest BCUT2D eigenvalue weighted by atomic mass is 10.3. The fraction of sp³-hybridized carbons (Fsp3) is 0.692. The molecular weight excluding hydrogens is 260 g/mol. The fourth-order valence-electron chi connectivity index (χ4n) is 2.18. The Labute approximate surface area is 118 Å². The Morgan fingerprint density at radius 2 is 2.26 bits per heavy atom. The molecule has 1 aliphatic rings. The molecule has 19 heavy (non-hydrogen) atoms. The van der Waals surface area contributed by atoms with E-state index in [2.05, 4.69) is 15.2 Å². The van der Waals surface area contributed by atoms with E-state index in [1.807, 2.05) is 24.4 Å². The summed E-state index contributed by atoms with van der Waals surface area (Å²) in [5, 5.41) is 3.26. The van der Waals surface area contributed by atoms with Crippen molar-refractivity contribution in [2.75, 3.05) is 46.3 Å². The molecule has 0 spiro atoms. The third-order valence-corrected chi connectivity index (χ3v) is 4.44. The Balaban J connectivity index is 1.73. The van der Waals surface area contributed by atoms with Gasteiger partial charge in [0.15, 0.2) is 0 Å². The Morgan fingerprint density at radius 3 is 2.89 bits per heavy atom. The summed E-state index contributed by atoms with van der Waals surface area (Å²) in [6, 6.07) is 0. The highest BCUT2D eigenvalue weighted by Gasteiger charge is 2.17. The van der Waals surface area contributed by atoms with Gasteiger partial charge in [0.05, 0.1) is 17.7 Å². The zero-order valence-electron chi connectivity index (χ0n) is 11.7. The van der Waals surface area contributed by atoms with Gasteiger partial charge in [-0.2, -0.15) is 0 Å². The van der Waals surface area contributed by atoms with Gasteiger partial charge in [-0.15, -0.1) is 11.3 Å². The van der Waals surface area contributed by atoms with Crippen molar-refractivity contribution in [3.05, 3.63) is 16.1 Å². The molecule has 0 saturated carbocycles. The Morgan fingerprint density at radius 1 is 1.53 bits per heavy atom. The first-order chi connectivity index (χ1) is 9.16. The van der Waals surface area contributed by atoms with Crippen LogP contribution in [0.3, 0.4) is 0 Å². The number of carbonyl (C=O) groups excluding carboxylic acids is 1. The molecule has 0 unspecified atom stereocenters. The smallest absolute Gasteiger partial charge is 0.236 e. The van der Waals surface area contributed by atoms with E-state index in [1.54, 1.807) is 11.3 Å². The van der Waals surface area contributed by atoms with E-state index in [4.69, 9.17) is 0 Å². The van der Waals surface area contributed by atoms with Crippen LogP contribution in [0.1, 0.15) is 10.6 Å². The number of rotatable bonds is 5. The molecule has 1 fully saturated rings. The average Bonchev–Trinajstić information content (AvgIpc) is 2.83. The molecule has 6 heteroatoms. The van der Waals surface area contributed by atoms with Gasteiger partial charge in [-0.25, -0.2) is 4.98 Å². The standard InChI is InChI=1S/C13H22N4OS/c1-11-12(19-10-15-11)3-6-16(2)9-13(18)17-7-4-14-5-8-17/h10,14H,3-9H2,1-2H3. The van der Waals surface area contributed by atoms with Crippen LogP contribution in [0.15, 0.2) is 5.51 Å². The lowest BCUT2D eigenvalue weighted by Gasteiger charge is -2.29. The van der Waals surface area contributed by atoms with Crippen LogP contribution in [-0.4, -0.2) is 67.0 Å². The van der Waals surface area contributed by atoms with Gasteiger partial charge in [0, 0.05) is 37.6 Å². The second-order valence-corrected chi connectivity index (χ2v) is 5.92. The molecular formula is C13H22N4OS. The van der Waals surface area contributed by atoms with Crippen LogP contribution in [-0.2, 0) is 11.2 Å². The number of hydrogen-bond donors (Lipinski definition) is 1. The summed E-state index contributed by atoms with van der Waals surface area (Å²) in [4.78, 5) is 21.7. The number of piperazine rings is 1. The van der Waals surface area contributed by atoms with Crippen LogP contribution in [0.5, 0.6) is 0 Å². The third-order valence-electron chi connectivity index (χ3n) is 3.44. The molecule has 0 aliphatic carbocycles. The molecule has 1 aliphatic heterocycles. The summed E-state index contributed by atoms with van der Waals surface area (Å²) >= 11 is 1.70. The van der Waals surface area contributed by atoms with Crippen molar-refractivity contribution in [3.8, 4) is 0 Å². The first kappa shape index (κ1) is 14.4. The van der Waals surface area contributed by atoms with Gasteiger partial charge in [0.25, 0.3) is 0 Å². The van der Waals surface area contributed by atoms with Gasteiger partial charge < -0.3 is 10.2 Å². The number of hydrogen-bond acceptors (Lipinski definition) is 5. The van der Waals surface area contributed by atoms with Crippen LogP contribution < -0.4 is 5.32 Å². The first-order valence-corrected chi connectivity index (χ1v) is 7.61. The van der Waals surface area contributed by atoms with E-state index in [1.165, 1.54) is 4.88 Å². The van der Waals surface area contributed by atoms with E-state index in [0.717, 1.165) is 44.8 Å². The summed E-state index contributed by atoms with van der Waals surface area (Å²) < 4.78 is 0. The average molecular weight is 282 g/mol. The SMILES string of the molecule is Cc1ncsc1CCN(C)CC(=O)N1CCNCC1. The third kappa shape index (κ3) is 4.26. The van der Waals surface area contributed by atoms with Gasteiger partial charge >= 0.3 is 0 Å². The molecule has 0 aromatic carbocycles. The summed E-state index contributed by atoms with van der Waals surface area (Å²) in [5.74, 6) is 0.241. The molecule has 1 saturated heterocycles. The number of aromatic nitrogens is 1.